The minimum absolute atomic E-state index is 0.0957. The normalized spacial score (nSPS) is 40.1. The summed E-state index contributed by atoms with van der Waals surface area (Å²) in [5, 5.41) is 3.60. The van der Waals surface area contributed by atoms with Gasteiger partial charge in [0.2, 0.25) is 0 Å². The Hall–Kier alpha value is -0.160. The van der Waals surface area contributed by atoms with Crippen molar-refractivity contribution < 1.29 is 9.47 Å². The van der Waals surface area contributed by atoms with E-state index >= 15 is 0 Å². The van der Waals surface area contributed by atoms with Gasteiger partial charge >= 0.3 is 0 Å². The maximum atomic E-state index is 5.98. The van der Waals surface area contributed by atoms with Gasteiger partial charge in [-0.1, -0.05) is 6.42 Å². The van der Waals surface area contributed by atoms with Gasteiger partial charge in [-0.25, -0.2) is 0 Å². The molecule has 94 valence electrons. The number of nitrogens with one attached hydrogen (secondary N) is 1. The van der Waals surface area contributed by atoms with Gasteiger partial charge in [-0.15, -0.1) is 0 Å². The molecule has 1 heterocycles. The van der Waals surface area contributed by atoms with Gasteiger partial charge in [-0.2, -0.15) is 0 Å². The van der Waals surface area contributed by atoms with Crippen LogP contribution in [0.25, 0.3) is 0 Å². The van der Waals surface area contributed by atoms with Crippen molar-refractivity contribution in [3.05, 3.63) is 0 Å². The zero-order valence-corrected chi connectivity index (χ0v) is 10.2. The molecule has 1 saturated carbocycles. The summed E-state index contributed by atoms with van der Waals surface area (Å²) in [7, 11) is 1.78. The molecule has 1 aliphatic carbocycles. The van der Waals surface area contributed by atoms with Crippen LogP contribution in [0.4, 0.5) is 0 Å². The average Bonchev–Trinajstić information content (AvgIpc) is 2.76. The lowest BCUT2D eigenvalue weighted by atomic mass is 9.91. The van der Waals surface area contributed by atoms with Gasteiger partial charge in [0.25, 0.3) is 0 Å². The molecule has 0 radical (unpaired) electrons. The summed E-state index contributed by atoms with van der Waals surface area (Å²) in [5.74, 6) is 0. The van der Waals surface area contributed by atoms with Gasteiger partial charge in [0, 0.05) is 38.8 Å². The fourth-order valence-corrected chi connectivity index (χ4v) is 2.70. The molecular weight excluding hydrogens is 204 g/mol. The second-order valence-electron chi connectivity index (χ2n) is 5.19. The van der Waals surface area contributed by atoms with E-state index in [1.165, 1.54) is 19.3 Å². The second kappa shape index (κ2) is 5.45. The van der Waals surface area contributed by atoms with E-state index in [0.29, 0.717) is 12.1 Å². The third-order valence-corrected chi connectivity index (χ3v) is 3.93. The van der Waals surface area contributed by atoms with E-state index in [4.69, 9.17) is 15.2 Å². The number of methoxy groups -OCH3 is 1. The van der Waals surface area contributed by atoms with Crippen molar-refractivity contribution in [3.8, 4) is 0 Å². The topological polar surface area (TPSA) is 56.5 Å². The molecule has 3 unspecified atom stereocenters. The Morgan fingerprint density at radius 1 is 1.50 bits per heavy atom. The summed E-state index contributed by atoms with van der Waals surface area (Å²) in [6, 6.07) is 0.945. The summed E-state index contributed by atoms with van der Waals surface area (Å²) in [5.41, 5.74) is 5.88. The molecule has 2 aliphatic rings. The molecule has 0 aromatic carbocycles. The van der Waals surface area contributed by atoms with Crippen LogP contribution >= 0.6 is 0 Å². The molecule has 0 amide bonds. The minimum Gasteiger partial charge on any atom is -0.378 e. The minimum atomic E-state index is -0.0957. The predicted octanol–water partition coefficient (Wildman–Crippen LogP) is 0.651. The Bertz CT molecular complexity index is 217. The van der Waals surface area contributed by atoms with Crippen LogP contribution in [0.1, 0.15) is 32.1 Å². The highest BCUT2D eigenvalue weighted by Gasteiger charge is 2.35. The molecule has 0 spiro atoms. The number of hydrogen-bond acceptors (Lipinski definition) is 4. The summed E-state index contributed by atoms with van der Waals surface area (Å²) in [6.45, 7) is 2.43. The summed E-state index contributed by atoms with van der Waals surface area (Å²) < 4.78 is 11.0. The summed E-state index contributed by atoms with van der Waals surface area (Å²) in [6.07, 6.45) is 5.76. The molecule has 4 heteroatoms. The first-order chi connectivity index (χ1) is 7.74. The van der Waals surface area contributed by atoms with Crippen molar-refractivity contribution in [1.82, 2.24) is 5.32 Å². The molecule has 16 heavy (non-hydrogen) atoms. The van der Waals surface area contributed by atoms with Crippen LogP contribution in [-0.4, -0.2) is 44.6 Å². The summed E-state index contributed by atoms with van der Waals surface area (Å²) >= 11 is 0. The van der Waals surface area contributed by atoms with Crippen molar-refractivity contribution in [3.63, 3.8) is 0 Å². The lowest BCUT2D eigenvalue weighted by molar-refractivity contribution is -0.0183. The second-order valence-corrected chi connectivity index (χ2v) is 5.19. The highest BCUT2D eigenvalue weighted by atomic mass is 16.5. The van der Waals surface area contributed by atoms with E-state index in [1.54, 1.807) is 7.11 Å². The first-order valence-electron chi connectivity index (χ1n) is 6.36. The van der Waals surface area contributed by atoms with Crippen molar-refractivity contribution >= 4 is 0 Å². The summed E-state index contributed by atoms with van der Waals surface area (Å²) in [4.78, 5) is 0. The average molecular weight is 228 g/mol. The Morgan fingerprint density at radius 3 is 3.00 bits per heavy atom. The van der Waals surface area contributed by atoms with Crippen molar-refractivity contribution in [2.24, 2.45) is 5.73 Å². The van der Waals surface area contributed by atoms with Crippen molar-refractivity contribution in [2.75, 3.05) is 26.9 Å². The van der Waals surface area contributed by atoms with E-state index < -0.39 is 0 Å². The Morgan fingerprint density at radius 2 is 2.38 bits per heavy atom. The highest BCUT2D eigenvalue weighted by molar-refractivity contribution is 4.89. The smallest absolute Gasteiger partial charge is 0.106 e. The van der Waals surface area contributed by atoms with E-state index in [9.17, 15) is 0 Å². The van der Waals surface area contributed by atoms with E-state index in [2.05, 4.69) is 5.32 Å². The fourth-order valence-electron chi connectivity index (χ4n) is 2.70. The highest BCUT2D eigenvalue weighted by Crippen LogP contribution is 2.23. The quantitative estimate of drug-likeness (QED) is 0.742. The molecule has 4 nitrogen and oxygen atoms in total. The molecule has 1 aliphatic heterocycles. The molecule has 3 N–H and O–H groups in total. The lowest BCUT2D eigenvalue weighted by Crippen LogP contribution is -2.48. The maximum absolute atomic E-state index is 5.98. The van der Waals surface area contributed by atoms with Crippen LogP contribution in [0.5, 0.6) is 0 Å². The van der Waals surface area contributed by atoms with E-state index in [1.807, 2.05) is 0 Å². The molecule has 0 aromatic rings. The molecule has 3 atom stereocenters. The van der Waals surface area contributed by atoms with E-state index in [-0.39, 0.29) is 5.60 Å². The van der Waals surface area contributed by atoms with Gasteiger partial charge in [0.1, 0.15) is 5.60 Å². The standard InChI is InChI=1S/C12H24N2O2/c1-15-12(5-6-16-9-12)8-14-11-4-2-3-10(13)7-11/h10-11,14H,2-9,13H2,1H3. The van der Waals surface area contributed by atoms with E-state index in [0.717, 1.165) is 32.6 Å². The maximum Gasteiger partial charge on any atom is 0.106 e. The van der Waals surface area contributed by atoms with Gasteiger partial charge in [-0.3, -0.25) is 0 Å². The number of ether oxygens (including phenoxy) is 2. The molecule has 0 bridgehead atoms. The van der Waals surface area contributed by atoms with Crippen molar-refractivity contribution in [1.29, 1.82) is 0 Å². The van der Waals surface area contributed by atoms with Crippen LogP contribution in [0.3, 0.4) is 0 Å². The molecule has 0 aromatic heterocycles. The van der Waals surface area contributed by atoms with Crippen LogP contribution in [-0.2, 0) is 9.47 Å². The van der Waals surface area contributed by atoms with Gasteiger partial charge < -0.3 is 20.5 Å². The van der Waals surface area contributed by atoms with Gasteiger partial charge in [0.15, 0.2) is 0 Å². The third-order valence-electron chi connectivity index (χ3n) is 3.93. The monoisotopic (exact) mass is 228 g/mol. The fraction of sp³-hybridized carbons (Fsp3) is 1.00. The first kappa shape index (κ1) is 12.3. The third kappa shape index (κ3) is 2.94. The van der Waals surface area contributed by atoms with Crippen LogP contribution in [0, 0.1) is 0 Å². The number of nitrogens with two attached hydrogens (primary N) is 1. The molecule has 2 rings (SSSR count). The SMILES string of the molecule is COC1(CNC2CCCC(N)C2)CCOC1. The number of rotatable bonds is 4. The van der Waals surface area contributed by atoms with Crippen molar-refractivity contribution in [2.45, 2.75) is 49.8 Å². The van der Waals surface area contributed by atoms with Crippen LogP contribution in [0.2, 0.25) is 0 Å². The number of hydrogen-bond donors (Lipinski definition) is 2. The Balaban J connectivity index is 1.77. The molecule has 2 fully saturated rings. The van der Waals surface area contributed by atoms with Gasteiger partial charge in [-0.05, 0) is 19.3 Å². The molecular formula is C12H24N2O2. The van der Waals surface area contributed by atoms with Gasteiger partial charge in [0.05, 0.1) is 6.61 Å². The Labute approximate surface area is 97.9 Å². The van der Waals surface area contributed by atoms with Crippen LogP contribution < -0.4 is 11.1 Å². The predicted molar refractivity (Wildman–Crippen MR) is 63.4 cm³/mol. The molecule has 1 saturated heterocycles. The zero-order chi connectivity index (χ0) is 11.4. The Kier molecular flexibility index (Phi) is 4.19. The lowest BCUT2D eigenvalue weighted by Gasteiger charge is -2.32. The zero-order valence-electron chi connectivity index (χ0n) is 10.2. The largest absolute Gasteiger partial charge is 0.378 e. The van der Waals surface area contributed by atoms with Crippen LogP contribution in [0.15, 0.2) is 0 Å². The first-order valence-corrected chi connectivity index (χ1v) is 6.36.